The third-order valence-electron chi connectivity index (χ3n) is 2.23. The minimum atomic E-state index is -0.560. The molecular weight excluding hydrogens is 242 g/mol. The van der Waals surface area contributed by atoms with Crippen LogP contribution in [0.3, 0.4) is 0 Å². The number of esters is 1. The number of hydrogen-bond acceptors (Lipinski definition) is 5. The molecule has 1 aromatic rings. The molecule has 0 bridgehead atoms. The standard InChI is InChI=1S/C10H15N3O3S/c1-4-7(17-3)9(14)12-6-5-11-13-8(6)10(15)16-2/h5,7H,4H2,1-3H3,(H,11,13)(H,12,14)/t7-/m1/s1. The molecule has 1 rings (SSSR count). The van der Waals surface area contributed by atoms with Crippen LogP contribution in [0.1, 0.15) is 23.8 Å². The van der Waals surface area contributed by atoms with Crippen molar-refractivity contribution in [2.45, 2.75) is 18.6 Å². The molecular formula is C10H15N3O3S. The van der Waals surface area contributed by atoms with Crippen LogP contribution >= 0.6 is 11.8 Å². The highest BCUT2D eigenvalue weighted by molar-refractivity contribution is 7.99. The molecule has 0 aromatic carbocycles. The summed E-state index contributed by atoms with van der Waals surface area (Å²) in [7, 11) is 1.27. The van der Waals surface area contributed by atoms with Gasteiger partial charge in [-0.2, -0.15) is 16.9 Å². The van der Waals surface area contributed by atoms with Crippen molar-refractivity contribution < 1.29 is 14.3 Å². The van der Waals surface area contributed by atoms with E-state index >= 15 is 0 Å². The Balaban J connectivity index is 2.78. The SMILES string of the molecule is CC[C@@H](SC)C(=O)Nc1cn[nH]c1C(=O)OC. The number of rotatable bonds is 5. The molecule has 1 atom stereocenters. The Morgan fingerprint density at radius 3 is 2.88 bits per heavy atom. The van der Waals surface area contributed by atoms with Crippen LogP contribution in [0, 0.1) is 0 Å². The first-order valence-corrected chi connectivity index (χ1v) is 6.38. The first-order chi connectivity index (χ1) is 8.13. The molecule has 0 fully saturated rings. The summed E-state index contributed by atoms with van der Waals surface area (Å²) in [5.41, 5.74) is 0.492. The number of ether oxygens (including phenoxy) is 1. The second-order valence-corrected chi connectivity index (χ2v) is 4.31. The van der Waals surface area contributed by atoms with Gasteiger partial charge in [-0.25, -0.2) is 4.79 Å². The Labute approximate surface area is 103 Å². The van der Waals surface area contributed by atoms with Gasteiger partial charge in [-0.15, -0.1) is 0 Å². The van der Waals surface area contributed by atoms with Crippen LogP contribution in [0.2, 0.25) is 0 Å². The zero-order chi connectivity index (χ0) is 12.8. The number of carbonyl (C=O) groups excluding carboxylic acids is 2. The van der Waals surface area contributed by atoms with Gasteiger partial charge in [-0.3, -0.25) is 9.89 Å². The van der Waals surface area contributed by atoms with Gasteiger partial charge in [0.2, 0.25) is 5.91 Å². The summed E-state index contributed by atoms with van der Waals surface area (Å²) >= 11 is 1.46. The molecule has 1 heterocycles. The van der Waals surface area contributed by atoms with Crippen LogP contribution < -0.4 is 5.32 Å². The summed E-state index contributed by atoms with van der Waals surface area (Å²) in [6.07, 6.45) is 3.97. The first-order valence-electron chi connectivity index (χ1n) is 5.09. The second kappa shape index (κ2) is 6.29. The molecule has 0 spiro atoms. The van der Waals surface area contributed by atoms with E-state index in [2.05, 4.69) is 20.3 Å². The fourth-order valence-electron chi connectivity index (χ4n) is 1.31. The molecule has 17 heavy (non-hydrogen) atoms. The van der Waals surface area contributed by atoms with Crippen molar-refractivity contribution in [3.63, 3.8) is 0 Å². The number of methoxy groups -OCH3 is 1. The molecule has 0 aliphatic carbocycles. The number of carbonyl (C=O) groups is 2. The molecule has 1 aromatic heterocycles. The highest BCUT2D eigenvalue weighted by Gasteiger charge is 2.20. The van der Waals surface area contributed by atoms with Crippen molar-refractivity contribution in [2.24, 2.45) is 0 Å². The van der Waals surface area contributed by atoms with Gasteiger partial charge in [0.1, 0.15) is 0 Å². The fraction of sp³-hybridized carbons (Fsp3) is 0.500. The van der Waals surface area contributed by atoms with E-state index in [0.717, 1.165) is 6.42 Å². The maximum atomic E-state index is 11.8. The van der Waals surface area contributed by atoms with Gasteiger partial charge < -0.3 is 10.1 Å². The summed E-state index contributed by atoms with van der Waals surface area (Å²) in [6, 6.07) is 0. The lowest BCUT2D eigenvalue weighted by atomic mass is 10.3. The summed E-state index contributed by atoms with van der Waals surface area (Å²) in [6.45, 7) is 1.93. The third-order valence-corrected chi connectivity index (χ3v) is 3.35. The Bertz CT molecular complexity index is 401. The number of aromatic amines is 1. The largest absolute Gasteiger partial charge is 0.464 e. The molecule has 1 amide bonds. The van der Waals surface area contributed by atoms with Gasteiger partial charge in [-0.05, 0) is 12.7 Å². The molecule has 7 heteroatoms. The molecule has 0 unspecified atom stereocenters. The fourth-order valence-corrected chi connectivity index (χ4v) is 1.92. The first kappa shape index (κ1) is 13.6. The van der Waals surface area contributed by atoms with Gasteiger partial charge in [-0.1, -0.05) is 6.92 Å². The molecule has 6 nitrogen and oxygen atoms in total. The quantitative estimate of drug-likeness (QED) is 0.776. The topological polar surface area (TPSA) is 84.1 Å². The maximum absolute atomic E-state index is 11.8. The average molecular weight is 257 g/mol. The number of aromatic nitrogens is 2. The third kappa shape index (κ3) is 3.23. The normalized spacial score (nSPS) is 11.9. The van der Waals surface area contributed by atoms with E-state index in [1.807, 2.05) is 13.2 Å². The molecule has 0 saturated carbocycles. The van der Waals surface area contributed by atoms with E-state index in [-0.39, 0.29) is 16.9 Å². The minimum Gasteiger partial charge on any atom is -0.464 e. The lowest BCUT2D eigenvalue weighted by Crippen LogP contribution is -2.25. The summed E-state index contributed by atoms with van der Waals surface area (Å²) in [4.78, 5) is 23.1. The van der Waals surface area contributed by atoms with Crippen molar-refractivity contribution in [3.8, 4) is 0 Å². The predicted molar refractivity (Wildman–Crippen MR) is 66.2 cm³/mol. The number of amides is 1. The number of thioether (sulfide) groups is 1. The number of H-pyrrole nitrogens is 1. The van der Waals surface area contributed by atoms with Crippen LogP contribution in [0.25, 0.3) is 0 Å². The van der Waals surface area contributed by atoms with Crippen molar-refractivity contribution in [1.29, 1.82) is 0 Å². The van der Waals surface area contributed by atoms with E-state index in [9.17, 15) is 9.59 Å². The maximum Gasteiger partial charge on any atom is 0.358 e. The number of anilines is 1. The molecule has 0 radical (unpaired) electrons. The number of nitrogens with zero attached hydrogens (tertiary/aromatic N) is 1. The Kier molecular flexibility index (Phi) is 5.02. The number of hydrogen-bond donors (Lipinski definition) is 2. The van der Waals surface area contributed by atoms with Crippen molar-refractivity contribution in [2.75, 3.05) is 18.7 Å². The molecule has 0 aliphatic heterocycles. The molecule has 94 valence electrons. The Hall–Kier alpha value is -1.50. The lowest BCUT2D eigenvalue weighted by Gasteiger charge is -2.11. The van der Waals surface area contributed by atoms with Crippen LogP contribution in [0.15, 0.2) is 6.20 Å². The summed E-state index contributed by atoms with van der Waals surface area (Å²) in [5.74, 6) is -0.707. The zero-order valence-corrected chi connectivity index (χ0v) is 10.8. The van der Waals surface area contributed by atoms with Gasteiger partial charge in [0.25, 0.3) is 0 Å². The van der Waals surface area contributed by atoms with Crippen molar-refractivity contribution in [3.05, 3.63) is 11.9 Å². The van der Waals surface area contributed by atoms with Crippen LogP contribution in [-0.2, 0) is 9.53 Å². The predicted octanol–water partition coefficient (Wildman–Crippen LogP) is 1.28. The minimum absolute atomic E-state index is 0.143. The van der Waals surface area contributed by atoms with Gasteiger partial charge in [0.15, 0.2) is 5.69 Å². The summed E-state index contributed by atoms with van der Waals surface area (Å²) in [5, 5.41) is 8.71. The number of nitrogens with one attached hydrogen (secondary N) is 2. The van der Waals surface area contributed by atoms with Gasteiger partial charge >= 0.3 is 5.97 Å². The molecule has 0 aliphatic rings. The molecule has 2 N–H and O–H groups in total. The van der Waals surface area contributed by atoms with Crippen molar-refractivity contribution >= 4 is 29.3 Å². The van der Waals surface area contributed by atoms with Crippen LogP contribution in [0.5, 0.6) is 0 Å². The molecule has 0 saturated heterocycles. The Morgan fingerprint density at radius 1 is 1.65 bits per heavy atom. The van der Waals surface area contributed by atoms with E-state index in [0.29, 0.717) is 5.69 Å². The van der Waals surface area contributed by atoms with E-state index < -0.39 is 5.97 Å². The highest BCUT2D eigenvalue weighted by Crippen LogP contribution is 2.17. The second-order valence-electron chi connectivity index (χ2n) is 3.27. The highest BCUT2D eigenvalue weighted by atomic mass is 32.2. The van der Waals surface area contributed by atoms with Crippen LogP contribution in [-0.4, -0.2) is 40.7 Å². The average Bonchev–Trinajstić information content (AvgIpc) is 2.77. The Morgan fingerprint density at radius 2 is 2.35 bits per heavy atom. The van der Waals surface area contributed by atoms with E-state index in [1.54, 1.807) is 0 Å². The van der Waals surface area contributed by atoms with E-state index in [1.165, 1.54) is 25.1 Å². The smallest absolute Gasteiger partial charge is 0.358 e. The van der Waals surface area contributed by atoms with Gasteiger partial charge in [0.05, 0.1) is 24.2 Å². The lowest BCUT2D eigenvalue weighted by molar-refractivity contribution is -0.115. The van der Waals surface area contributed by atoms with Gasteiger partial charge in [0, 0.05) is 0 Å². The summed E-state index contributed by atoms with van der Waals surface area (Å²) < 4.78 is 4.56. The monoisotopic (exact) mass is 257 g/mol. The zero-order valence-electron chi connectivity index (χ0n) is 9.94. The van der Waals surface area contributed by atoms with E-state index in [4.69, 9.17) is 0 Å². The van der Waals surface area contributed by atoms with Crippen molar-refractivity contribution in [1.82, 2.24) is 10.2 Å². The van der Waals surface area contributed by atoms with Crippen LogP contribution in [0.4, 0.5) is 5.69 Å².